The number of carbonyl (C=O) groups is 1. The Bertz CT molecular complexity index is 764. The molecule has 2 heterocycles. The third kappa shape index (κ3) is 1.38. The van der Waals surface area contributed by atoms with Crippen LogP contribution in [0.3, 0.4) is 0 Å². The maximum atomic E-state index is 12.6. The van der Waals surface area contributed by atoms with Crippen LogP contribution in [0.2, 0.25) is 0 Å². The summed E-state index contributed by atoms with van der Waals surface area (Å²) >= 11 is 0. The van der Waals surface area contributed by atoms with Crippen molar-refractivity contribution in [2.45, 2.75) is 19.8 Å². The number of para-hydroxylation sites is 2. The van der Waals surface area contributed by atoms with Gasteiger partial charge in [0.2, 0.25) is 0 Å². The third-order valence-electron chi connectivity index (χ3n) is 3.97. The standard InChI is InChI=1S/C16H14N2O/c1-10-6-8-11-12(9-7-10)16(19)18-14-5-3-2-4-13(14)17-15(11)18/h2-5,8-10H,6-7H2,1H3. The molecule has 2 aromatic rings. The van der Waals surface area contributed by atoms with E-state index in [9.17, 15) is 4.79 Å². The molecule has 94 valence electrons. The van der Waals surface area contributed by atoms with E-state index in [1.54, 1.807) is 4.57 Å². The van der Waals surface area contributed by atoms with Gasteiger partial charge in [0.05, 0.1) is 11.0 Å². The quantitative estimate of drug-likeness (QED) is 0.718. The molecule has 1 aliphatic heterocycles. The molecule has 0 bridgehead atoms. The first kappa shape index (κ1) is 10.7. The number of hydrogen-bond acceptors (Lipinski definition) is 2. The van der Waals surface area contributed by atoms with Gasteiger partial charge in [-0.25, -0.2) is 4.98 Å². The van der Waals surface area contributed by atoms with E-state index in [0.717, 1.165) is 40.8 Å². The van der Waals surface area contributed by atoms with E-state index in [1.807, 2.05) is 24.3 Å². The van der Waals surface area contributed by atoms with Gasteiger partial charge in [0.25, 0.3) is 5.91 Å². The number of aromatic nitrogens is 2. The molecule has 0 fully saturated rings. The minimum Gasteiger partial charge on any atom is -0.268 e. The molecule has 4 rings (SSSR count). The Morgan fingerprint density at radius 3 is 2.74 bits per heavy atom. The summed E-state index contributed by atoms with van der Waals surface area (Å²) in [6.45, 7) is 2.21. The van der Waals surface area contributed by atoms with Crippen molar-refractivity contribution in [3.63, 3.8) is 0 Å². The topological polar surface area (TPSA) is 34.9 Å². The van der Waals surface area contributed by atoms with Crippen LogP contribution < -0.4 is 0 Å². The van der Waals surface area contributed by atoms with Gasteiger partial charge in [0, 0.05) is 11.1 Å². The molecule has 3 nitrogen and oxygen atoms in total. The molecule has 2 aliphatic rings. The van der Waals surface area contributed by atoms with E-state index in [1.165, 1.54) is 0 Å². The fourth-order valence-electron chi connectivity index (χ4n) is 2.90. The Balaban J connectivity index is 2.02. The van der Waals surface area contributed by atoms with Crippen molar-refractivity contribution < 1.29 is 4.79 Å². The third-order valence-corrected chi connectivity index (χ3v) is 3.97. The molecule has 0 saturated heterocycles. The van der Waals surface area contributed by atoms with Gasteiger partial charge in [-0.05, 0) is 30.9 Å². The summed E-state index contributed by atoms with van der Waals surface area (Å²) in [5.41, 5.74) is 3.65. The molecule has 0 saturated carbocycles. The van der Waals surface area contributed by atoms with Crippen molar-refractivity contribution in [2.24, 2.45) is 5.92 Å². The summed E-state index contributed by atoms with van der Waals surface area (Å²) in [5, 5.41) is 0. The van der Waals surface area contributed by atoms with Gasteiger partial charge in [-0.1, -0.05) is 31.2 Å². The van der Waals surface area contributed by atoms with Crippen LogP contribution in [-0.2, 0) is 0 Å². The summed E-state index contributed by atoms with van der Waals surface area (Å²) < 4.78 is 1.75. The Morgan fingerprint density at radius 1 is 1.16 bits per heavy atom. The Labute approximate surface area is 111 Å². The van der Waals surface area contributed by atoms with Crippen molar-refractivity contribution >= 4 is 22.5 Å². The first-order valence-corrected chi connectivity index (χ1v) is 6.69. The van der Waals surface area contributed by atoms with Crippen molar-refractivity contribution in [1.82, 2.24) is 9.55 Å². The number of allylic oxidation sites excluding steroid dienone is 4. The number of benzene rings is 1. The zero-order chi connectivity index (χ0) is 13.0. The maximum Gasteiger partial charge on any atom is 0.264 e. The predicted octanol–water partition coefficient (Wildman–Crippen LogP) is 3.43. The van der Waals surface area contributed by atoms with E-state index < -0.39 is 0 Å². The molecule has 1 unspecified atom stereocenters. The number of hydrogen-bond donors (Lipinski definition) is 0. The lowest BCUT2D eigenvalue weighted by Gasteiger charge is -2.02. The second kappa shape index (κ2) is 3.67. The number of fused-ring (bicyclic) bond motifs is 5. The highest BCUT2D eigenvalue weighted by molar-refractivity contribution is 6.18. The van der Waals surface area contributed by atoms with Gasteiger partial charge in [-0.15, -0.1) is 0 Å². The van der Waals surface area contributed by atoms with Crippen LogP contribution >= 0.6 is 0 Å². The molecule has 1 aromatic carbocycles. The zero-order valence-electron chi connectivity index (χ0n) is 10.8. The normalized spacial score (nSPS) is 21.7. The molecule has 0 amide bonds. The van der Waals surface area contributed by atoms with Crippen LogP contribution in [0, 0.1) is 5.92 Å². The van der Waals surface area contributed by atoms with Gasteiger partial charge in [0.15, 0.2) is 0 Å². The fraction of sp³-hybridized carbons (Fsp3) is 0.250. The van der Waals surface area contributed by atoms with Gasteiger partial charge in [-0.2, -0.15) is 0 Å². The lowest BCUT2D eigenvalue weighted by Crippen LogP contribution is -2.05. The molecule has 1 atom stereocenters. The lowest BCUT2D eigenvalue weighted by atomic mass is 10.1. The molecule has 1 aliphatic carbocycles. The molecule has 19 heavy (non-hydrogen) atoms. The first-order valence-electron chi connectivity index (χ1n) is 6.69. The second-order valence-corrected chi connectivity index (χ2v) is 5.38. The smallest absolute Gasteiger partial charge is 0.264 e. The molecule has 0 N–H and O–H groups in total. The SMILES string of the molecule is CC1CC=C2C(=O)n3c(nc4ccccc43)C2=CC1. The van der Waals surface area contributed by atoms with Gasteiger partial charge in [0.1, 0.15) is 5.82 Å². The Hall–Kier alpha value is -2.16. The van der Waals surface area contributed by atoms with E-state index >= 15 is 0 Å². The minimum atomic E-state index is 0.0732. The highest BCUT2D eigenvalue weighted by Gasteiger charge is 2.33. The van der Waals surface area contributed by atoms with Crippen molar-refractivity contribution in [3.8, 4) is 0 Å². The summed E-state index contributed by atoms with van der Waals surface area (Å²) in [6, 6.07) is 7.81. The molecule has 0 radical (unpaired) electrons. The highest BCUT2D eigenvalue weighted by atomic mass is 16.2. The largest absolute Gasteiger partial charge is 0.268 e. The number of rotatable bonds is 0. The summed E-state index contributed by atoms with van der Waals surface area (Å²) in [7, 11) is 0. The average Bonchev–Trinajstić information content (AvgIpc) is 2.83. The van der Waals surface area contributed by atoms with E-state index in [4.69, 9.17) is 0 Å². The first-order chi connectivity index (χ1) is 9.25. The second-order valence-electron chi connectivity index (χ2n) is 5.38. The monoisotopic (exact) mass is 250 g/mol. The zero-order valence-corrected chi connectivity index (χ0v) is 10.8. The van der Waals surface area contributed by atoms with Crippen LogP contribution in [0.1, 0.15) is 30.4 Å². The van der Waals surface area contributed by atoms with Crippen molar-refractivity contribution in [2.75, 3.05) is 0 Å². The van der Waals surface area contributed by atoms with Crippen LogP contribution in [-0.4, -0.2) is 15.5 Å². The summed E-state index contributed by atoms with van der Waals surface area (Å²) in [6.07, 6.45) is 6.22. The summed E-state index contributed by atoms with van der Waals surface area (Å²) in [4.78, 5) is 17.2. The average molecular weight is 250 g/mol. The molecular weight excluding hydrogens is 236 g/mol. The fourth-order valence-corrected chi connectivity index (χ4v) is 2.90. The number of imidazole rings is 1. The molecule has 0 spiro atoms. The van der Waals surface area contributed by atoms with Crippen LogP contribution in [0.15, 0.2) is 42.0 Å². The van der Waals surface area contributed by atoms with Crippen LogP contribution in [0.5, 0.6) is 0 Å². The Morgan fingerprint density at radius 2 is 1.89 bits per heavy atom. The molecular formula is C16H14N2O. The van der Waals surface area contributed by atoms with E-state index in [-0.39, 0.29) is 5.91 Å². The minimum absolute atomic E-state index is 0.0732. The van der Waals surface area contributed by atoms with Crippen molar-refractivity contribution in [1.29, 1.82) is 0 Å². The summed E-state index contributed by atoms with van der Waals surface area (Å²) in [5.74, 6) is 1.48. The number of carbonyl (C=O) groups excluding carboxylic acids is 1. The Kier molecular flexibility index (Phi) is 2.07. The predicted molar refractivity (Wildman–Crippen MR) is 74.8 cm³/mol. The van der Waals surface area contributed by atoms with Crippen LogP contribution in [0.4, 0.5) is 0 Å². The van der Waals surface area contributed by atoms with Crippen LogP contribution in [0.25, 0.3) is 16.6 Å². The maximum absolute atomic E-state index is 12.6. The van der Waals surface area contributed by atoms with Gasteiger partial charge < -0.3 is 0 Å². The van der Waals surface area contributed by atoms with E-state index in [2.05, 4.69) is 24.1 Å². The number of nitrogens with zero attached hydrogens (tertiary/aromatic N) is 2. The molecule has 3 heteroatoms. The van der Waals surface area contributed by atoms with Gasteiger partial charge >= 0.3 is 0 Å². The van der Waals surface area contributed by atoms with E-state index in [0.29, 0.717) is 5.92 Å². The lowest BCUT2D eigenvalue weighted by molar-refractivity contribution is 0.0972. The highest BCUT2D eigenvalue weighted by Crippen LogP contribution is 2.37. The molecule has 1 aromatic heterocycles. The van der Waals surface area contributed by atoms with Gasteiger partial charge in [-0.3, -0.25) is 9.36 Å². The van der Waals surface area contributed by atoms with Crippen molar-refractivity contribution in [3.05, 3.63) is 47.8 Å².